The summed E-state index contributed by atoms with van der Waals surface area (Å²) in [6, 6.07) is 19.5. The third-order valence-electron chi connectivity index (χ3n) is 3.86. The maximum Gasteiger partial charge on any atom is 0.0943 e. The number of hydrogen-bond donors (Lipinski definition) is 2. The Morgan fingerprint density at radius 2 is 1.57 bits per heavy atom. The van der Waals surface area contributed by atoms with Gasteiger partial charge in [-0.25, -0.2) is 0 Å². The van der Waals surface area contributed by atoms with E-state index in [-0.39, 0.29) is 12.0 Å². The second kappa shape index (κ2) is 7.77. The van der Waals surface area contributed by atoms with E-state index < -0.39 is 6.10 Å². The van der Waals surface area contributed by atoms with Crippen LogP contribution in [0.2, 0.25) is 0 Å². The van der Waals surface area contributed by atoms with Crippen molar-refractivity contribution in [2.75, 3.05) is 0 Å². The summed E-state index contributed by atoms with van der Waals surface area (Å²) in [7, 11) is 0. The molecular weight excluding hydrogens is 258 g/mol. The van der Waals surface area contributed by atoms with Gasteiger partial charge in [-0.2, -0.15) is 0 Å². The topological polar surface area (TPSA) is 46.2 Å². The highest BCUT2D eigenvalue weighted by Crippen LogP contribution is 2.25. The predicted molar refractivity (Wildman–Crippen MR) is 87.8 cm³/mol. The van der Waals surface area contributed by atoms with Gasteiger partial charge >= 0.3 is 0 Å². The van der Waals surface area contributed by atoms with Gasteiger partial charge in [0.25, 0.3) is 0 Å². The summed E-state index contributed by atoms with van der Waals surface area (Å²) in [5.41, 5.74) is 8.43. The molecule has 0 saturated carbocycles. The molecule has 3 N–H and O–H groups in total. The fraction of sp³-hybridized carbons (Fsp3) is 0.263. The molecule has 0 aliphatic carbocycles. The Morgan fingerprint density at radius 3 is 2.14 bits per heavy atom. The van der Waals surface area contributed by atoms with Gasteiger partial charge in [-0.3, -0.25) is 0 Å². The molecule has 0 radical (unpaired) electrons. The summed E-state index contributed by atoms with van der Waals surface area (Å²) in [6.45, 7) is 3.82. The Bertz CT molecular complexity index is 538. The van der Waals surface area contributed by atoms with E-state index in [2.05, 4.69) is 18.7 Å². The molecule has 0 aliphatic heterocycles. The highest BCUT2D eigenvalue weighted by molar-refractivity contribution is 5.20. The van der Waals surface area contributed by atoms with Gasteiger partial charge in [-0.1, -0.05) is 66.7 Å². The van der Waals surface area contributed by atoms with Crippen molar-refractivity contribution >= 4 is 0 Å². The number of allylic oxidation sites excluding steroid dienone is 1. The van der Waals surface area contributed by atoms with Crippen LogP contribution in [0.4, 0.5) is 0 Å². The molecular formula is C19H23NO. The zero-order valence-corrected chi connectivity index (χ0v) is 12.2. The molecule has 0 saturated heterocycles. The number of rotatable bonds is 7. The van der Waals surface area contributed by atoms with Crippen LogP contribution in [0.15, 0.2) is 73.3 Å². The monoisotopic (exact) mass is 281 g/mol. The summed E-state index contributed by atoms with van der Waals surface area (Å²) in [5, 5.41) is 10.5. The molecule has 3 atom stereocenters. The first-order valence-corrected chi connectivity index (χ1v) is 7.35. The van der Waals surface area contributed by atoms with Crippen LogP contribution >= 0.6 is 0 Å². The van der Waals surface area contributed by atoms with E-state index in [0.29, 0.717) is 0 Å². The van der Waals surface area contributed by atoms with Gasteiger partial charge in [0, 0.05) is 6.04 Å². The van der Waals surface area contributed by atoms with Crippen molar-refractivity contribution in [3.63, 3.8) is 0 Å². The molecule has 110 valence electrons. The molecule has 21 heavy (non-hydrogen) atoms. The van der Waals surface area contributed by atoms with Crippen LogP contribution in [0.5, 0.6) is 0 Å². The average molecular weight is 281 g/mol. The van der Waals surface area contributed by atoms with Crippen molar-refractivity contribution in [1.29, 1.82) is 0 Å². The fourth-order valence-corrected chi connectivity index (χ4v) is 2.64. The number of hydrogen-bond acceptors (Lipinski definition) is 2. The summed E-state index contributed by atoms with van der Waals surface area (Å²) in [6.07, 6.45) is 2.86. The summed E-state index contributed by atoms with van der Waals surface area (Å²) < 4.78 is 0. The fourth-order valence-electron chi connectivity index (χ4n) is 2.64. The summed E-state index contributed by atoms with van der Waals surface area (Å²) in [5.74, 6) is 0.167. The number of nitrogens with two attached hydrogens (primary N) is 1. The largest absolute Gasteiger partial charge is 0.387 e. The molecule has 3 unspecified atom stereocenters. The first-order valence-electron chi connectivity index (χ1n) is 7.35. The lowest BCUT2D eigenvalue weighted by molar-refractivity contribution is 0.117. The van der Waals surface area contributed by atoms with Gasteiger partial charge in [0.15, 0.2) is 0 Å². The zero-order chi connectivity index (χ0) is 15.1. The van der Waals surface area contributed by atoms with E-state index in [9.17, 15) is 5.11 Å². The molecule has 2 heteroatoms. The quantitative estimate of drug-likeness (QED) is 0.763. The number of aliphatic hydroxyl groups excluding tert-OH is 1. The highest BCUT2D eigenvalue weighted by atomic mass is 16.3. The third-order valence-corrected chi connectivity index (χ3v) is 3.86. The van der Waals surface area contributed by atoms with Crippen molar-refractivity contribution in [1.82, 2.24) is 0 Å². The summed E-state index contributed by atoms with van der Waals surface area (Å²) in [4.78, 5) is 0. The van der Waals surface area contributed by atoms with Crippen LogP contribution in [0.3, 0.4) is 0 Å². The van der Waals surface area contributed by atoms with Crippen molar-refractivity contribution in [2.45, 2.75) is 25.0 Å². The van der Waals surface area contributed by atoms with Crippen LogP contribution in [0, 0.1) is 5.92 Å². The van der Waals surface area contributed by atoms with Gasteiger partial charge in [0.2, 0.25) is 0 Å². The second-order valence-electron chi connectivity index (χ2n) is 5.41. The van der Waals surface area contributed by atoms with Crippen molar-refractivity contribution in [3.05, 3.63) is 84.4 Å². The van der Waals surface area contributed by atoms with Gasteiger partial charge in [0.05, 0.1) is 6.10 Å². The lowest BCUT2D eigenvalue weighted by Crippen LogP contribution is -2.37. The lowest BCUT2D eigenvalue weighted by Gasteiger charge is -2.27. The van der Waals surface area contributed by atoms with Crippen molar-refractivity contribution < 1.29 is 5.11 Å². The maximum absolute atomic E-state index is 10.5. The van der Waals surface area contributed by atoms with E-state index >= 15 is 0 Å². The molecule has 0 spiro atoms. The van der Waals surface area contributed by atoms with Crippen molar-refractivity contribution in [3.8, 4) is 0 Å². The smallest absolute Gasteiger partial charge is 0.0943 e. The van der Waals surface area contributed by atoms with E-state index in [4.69, 9.17) is 5.73 Å². The average Bonchev–Trinajstić information content (AvgIpc) is 2.55. The van der Waals surface area contributed by atoms with Gasteiger partial charge in [-0.15, -0.1) is 6.58 Å². The van der Waals surface area contributed by atoms with Gasteiger partial charge in [0.1, 0.15) is 0 Å². The van der Waals surface area contributed by atoms with Crippen molar-refractivity contribution in [2.24, 2.45) is 11.7 Å². The molecule has 2 nitrogen and oxygen atoms in total. The molecule has 0 fully saturated rings. The molecule has 2 rings (SSSR count). The highest BCUT2D eigenvalue weighted by Gasteiger charge is 2.25. The predicted octanol–water partition coefficient (Wildman–Crippen LogP) is 3.48. The minimum atomic E-state index is -0.653. The Kier molecular flexibility index (Phi) is 5.73. The first kappa shape index (κ1) is 15.5. The van der Waals surface area contributed by atoms with E-state index in [0.717, 1.165) is 18.4 Å². The summed E-state index contributed by atoms with van der Waals surface area (Å²) >= 11 is 0. The molecule has 2 aromatic carbocycles. The van der Waals surface area contributed by atoms with Crippen LogP contribution in [0.25, 0.3) is 0 Å². The Hall–Kier alpha value is -1.90. The molecule has 0 amide bonds. The maximum atomic E-state index is 10.5. The van der Waals surface area contributed by atoms with Crippen LogP contribution < -0.4 is 5.73 Å². The van der Waals surface area contributed by atoms with E-state index in [1.165, 1.54) is 5.56 Å². The SMILES string of the molecule is C=CCC(Cc1ccccc1)C(N)C(O)c1ccccc1. The van der Waals surface area contributed by atoms with E-state index in [1.807, 2.05) is 54.6 Å². The normalized spacial score (nSPS) is 15.1. The molecule has 0 aliphatic rings. The number of benzene rings is 2. The molecule has 0 aromatic heterocycles. The Balaban J connectivity index is 2.11. The van der Waals surface area contributed by atoms with Crippen LogP contribution in [-0.2, 0) is 6.42 Å². The standard InChI is InChI=1S/C19H23NO/c1-2-9-17(14-15-10-5-3-6-11-15)18(20)19(21)16-12-7-4-8-13-16/h2-8,10-13,17-19,21H,1,9,14,20H2. The second-order valence-corrected chi connectivity index (χ2v) is 5.41. The number of aliphatic hydroxyl groups is 1. The zero-order valence-electron chi connectivity index (χ0n) is 12.2. The van der Waals surface area contributed by atoms with Crippen LogP contribution in [0.1, 0.15) is 23.7 Å². The molecule has 0 bridgehead atoms. The van der Waals surface area contributed by atoms with Crippen LogP contribution in [-0.4, -0.2) is 11.1 Å². The minimum Gasteiger partial charge on any atom is -0.387 e. The Morgan fingerprint density at radius 1 is 1.00 bits per heavy atom. The first-order chi connectivity index (χ1) is 10.2. The van der Waals surface area contributed by atoms with Gasteiger partial charge < -0.3 is 10.8 Å². The molecule has 2 aromatic rings. The third kappa shape index (κ3) is 4.28. The van der Waals surface area contributed by atoms with Gasteiger partial charge in [-0.05, 0) is 29.9 Å². The Labute approximate surface area is 126 Å². The lowest BCUT2D eigenvalue weighted by atomic mass is 9.85. The molecule has 0 heterocycles. The minimum absolute atomic E-state index is 0.167. The van der Waals surface area contributed by atoms with E-state index in [1.54, 1.807) is 0 Å².